The van der Waals surface area contributed by atoms with Crippen molar-refractivity contribution in [3.05, 3.63) is 64.7 Å². The second-order valence-electron chi connectivity index (χ2n) is 6.35. The van der Waals surface area contributed by atoms with Gasteiger partial charge in [-0.2, -0.15) is 13.2 Å². The normalized spacial score (nSPS) is 16.1. The summed E-state index contributed by atoms with van der Waals surface area (Å²) in [6.45, 7) is 0.376. The third-order valence-corrected chi connectivity index (χ3v) is 4.55. The van der Waals surface area contributed by atoms with Gasteiger partial charge in [-0.15, -0.1) is 0 Å². The van der Waals surface area contributed by atoms with E-state index in [0.29, 0.717) is 30.9 Å². The summed E-state index contributed by atoms with van der Waals surface area (Å²) in [5.41, 5.74) is -1.52. The molecule has 1 aliphatic carbocycles. The molecule has 1 amide bonds. The maximum absolute atomic E-state index is 12.9. The number of aryl methyl sites for hydroxylation is 2. The van der Waals surface area contributed by atoms with Crippen molar-refractivity contribution in [1.29, 1.82) is 0 Å². The van der Waals surface area contributed by atoms with Gasteiger partial charge in [0.25, 0.3) is 5.91 Å². The predicted molar refractivity (Wildman–Crippen MR) is 89.0 cm³/mol. The standard InChI is InChI=1S/C19H16F3NO3/c1-18(26,19(20,21)22)17(25)23-14-8-4-6-12-10-9-11-5-2-3-7-13(11)16(24)15(12)14/h2-8,26H,9-10H2,1H3,(H,23,25). The highest BCUT2D eigenvalue weighted by atomic mass is 19.4. The van der Waals surface area contributed by atoms with Gasteiger partial charge >= 0.3 is 6.18 Å². The molecule has 0 bridgehead atoms. The number of benzene rings is 2. The van der Waals surface area contributed by atoms with Crippen LogP contribution in [0.15, 0.2) is 42.5 Å². The molecule has 1 unspecified atom stereocenters. The van der Waals surface area contributed by atoms with E-state index >= 15 is 0 Å². The number of carbonyl (C=O) groups is 2. The Morgan fingerprint density at radius 3 is 2.35 bits per heavy atom. The molecule has 136 valence electrons. The van der Waals surface area contributed by atoms with E-state index < -0.39 is 17.7 Å². The Morgan fingerprint density at radius 2 is 1.65 bits per heavy atom. The van der Waals surface area contributed by atoms with Gasteiger partial charge in [0.2, 0.25) is 5.60 Å². The number of nitrogens with one attached hydrogen (secondary N) is 1. The Labute approximate surface area is 147 Å². The van der Waals surface area contributed by atoms with Crippen LogP contribution in [0.25, 0.3) is 0 Å². The summed E-state index contributed by atoms with van der Waals surface area (Å²) in [5.74, 6) is -2.00. The van der Waals surface area contributed by atoms with Gasteiger partial charge in [0.05, 0.1) is 5.69 Å². The maximum Gasteiger partial charge on any atom is 0.426 e. The summed E-state index contributed by atoms with van der Waals surface area (Å²) in [6, 6.07) is 11.6. The molecule has 0 heterocycles. The molecular formula is C19H16F3NO3. The molecule has 3 rings (SSSR count). The molecule has 1 atom stereocenters. The van der Waals surface area contributed by atoms with E-state index in [2.05, 4.69) is 5.32 Å². The van der Waals surface area contributed by atoms with Crippen LogP contribution in [0.2, 0.25) is 0 Å². The average Bonchev–Trinajstić information content (AvgIpc) is 2.72. The van der Waals surface area contributed by atoms with Crippen LogP contribution in [0.5, 0.6) is 0 Å². The van der Waals surface area contributed by atoms with E-state index in [1.807, 2.05) is 12.1 Å². The van der Waals surface area contributed by atoms with Gasteiger partial charge in [0, 0.05) is 11.1 Å². The minimum atomic E-state index is -5.14. The SMILES string of the molecule is CC(O)(C(=O)Nc1cccc2c1C(=O)c1ccccc1CC2)C(F)(F)F. The van der Waals surface area contributed by atoms with Crippen LogP contribution in [0.4, 0.5) is 18.9 Å². The summed E-state index contributed by atoms with van der Waals surface area (Å²) < 4.78 is 38.7. The van der Waals surface area contributed by atoms with Gasteiger partial charge in [0.1, 0.15) is 0 Å². The summed E-state index contributed by atoms with van der Waals surface area (Å²) in [7, 11) is 0. The Hall–Kier alpha value is -2.67. The minimum Gasteiger partial charge on any atom is -0.373 e. The fraction of sp³-hybridized carbons (Fsp3) is 0.263. The third kappa shape index (κ3) is 2.99. The number of alkyl halides is 3. The molecule has 0 aromatic heterocycles. The van der Waals surface area contributed by atoms with E-state index in [-0.39, 0.29) is 17.0 Å². The lowest BCUT2D eigenvalue weighted by Gasteiger charge is -2.25. The molecule has 2 N–H and O–H groups in total. The molecule has 1 aliphatic rings. The van der Waals surface area contributed by atoms with Crippen molar-refractivity contribution in [2.45, 2.75) is 31.5 Å². The highest BCUT2D eigenvalue weighted by Gasteiger charge is 2.55. The molecule has 2 aromatic carbocycles. The lowest BCUT2D eigenvalue weighted by molar-refractivity contribution is -0.242. The Kier molecular flexibility index (Phi) is 4.36. The first-order chi connectivity index (χ1) is 12.1. The first kappa shape index (κ1) is 18.1. The van der Waals surface area contributed by atoms with Crippen LogP contribution in [-0.2, 0) is 17.6 Å². The van der Waals surface area contributed by atoms with Crippen LogP contribution >= 0.6 is 0 Å². The Bertz CT molecular complexity index is 888. The van der Waals surface area contributed by atoms with Crippen molar-refractivity contribution in [3.8, 4) is 0 Å². The van der Waals surface area contributed by atoms with Gasteiger partial charge in [-0.25, -0.2) is 0 Å². The monoisotopic (exact) mass is 363 g/mol. The average molecular weight is 363 g/mol. The predicted octanol–water partition coefficient (Wildman–Crippen LogP) is 3.27. The van der Waals surface area contributed by atoms with Crippen LogP contribution < -0.4 is 5.32 Å². The Morgan fingerprint density at radius 1 is 1.04 bits per heavy atom. The zero-order valence-corrected chi connectivity index (χ0v) is 13.9. The molecule has 0 saturated carbocycles. The third-order valence-electron chi connectivity index (χ3n) is 4.55. The zero-order chi connectivity index (χ0) is 19.1. The fourth-order valence-corrected chi connectivity index (χ4v) is 2.92. The summed E-state index contributed by atoms with van der Waals surface area (Å²) in [6.07, 6.45) is -4.02. The van der Waals surface area contributed by atoms with Gasteiger partial charge in [-0.3, -0.25) is 9.59 Å². The van der Waals surface area contributed by atoms with Crippen molar-refractivity contribution < 1.29 is 27.9 Å². The quantitative estimate of drug-likeness (QED) is 0.861. The van der Waals surface area contributed by atoms with E-state index in [4.69, 9.17) is 0 Å². The number of hydrogen-bond acceptors (Lipinski definition) is 3. The number of amides is 1. The number of aliphatic hydroxyl groups is 1. The van der Waals surface area contributed by atoms with Crippen molar-refractivity contribution >= 4 is 17.4 Å². The van der Waals surface area contributed by atoms with E-state index in [1.165, 1.54) is 6.07 Å². The molecule has 4 nitrogen and oxygen atoms in total. The molecule has 0 spiro atoms. The first-order valence-electron chi connectivity index (χ1n) is 7.98. The topological polar surface area (TPSA) is 66.4 Å². The summed E-state index contributed by atoms with van der Waals surface area (Å²) >= 11 is 0. The smallest absolute Gasteiger partial charge is 0.373 e. The van der Waals surface area contributed by atoms with Gasteiger partial charge in [0.15, 0.2) is 5.78 Å². The van der Waals surface area contributed by atoms with Crippen LogP contribution in [0.1, 0.15) is 34.0 Å². The van der Waals surface area contributed by atoms with E-state index in [1.54, 1.807) is 24.3 Å². The Balaban J connectivity index is 2.03. The molecule has 0 aliphatic heterocycles. The molecule has 2 aromatic rings. The second-order valence-corrected chi connectivity index (χ2v) is 6.35. The molecule has 0 radical (unpaired) electrons. The number of anilines is 1. The maximum atomic E-state index is 12.9. The molecule has 0 fully saturated rings. The van der Waals surface area contributed by atoms with Crippen molar-refractivity contribution in [1.82, 2.24) is 0 Å². The van der Waals surface area contributed by atoms with E-state index in [9.17, 15) is 27.9 Å². The molecule has 0 saturated heterocycles. The number of carbonyl (C=O) groups excluding carboxylic acids is 2. The highest BCUT2D eigenvalue weighted by Crippen LogP contribution is 2.33. The number of ketones is 1. The lowest BCUT2D eigenvalue weighted by atomic mass is 9.96. The van der Waals surface area contributed by atoms with Gasteiger partial charge < -0.3 is 10.4 Å². The lowest BCUT2D eigenvalue weighted by Crippen LogP contribution is -2.52. The number of hydrogen-bond donors (Lipinski definition) is 2. The van der Waals surface area contributed by atoms with Gasteiger partial charge in [-0.05, 0) is 37.0 Å². The van der Waals surface area contributed by atoms with Crippen molar-refractivity contribution in [3.63, 3.8) is 0 Å². The molecule has 26 heavy (non-hydrogen) atoms. The van der Waals surface area contributed by atoms with Crippen LogP contribution in [-0.4, -0.2) is 28.6 Å². The summed E-state index contributed by atoms with van der Waals surface area (Å²) in [4.78, 5) is 25.0. The molecule has 7 heteroatoms. The summed E-state index contributed by atoms with van der Waals surface area (Å²) in [5, 5.41) is 11.6. The van der Waals surface area contributed by atoms with Crippen molar-refractivity contribution in [2.24, 2.45) is 0 Å². The number of halogens is 3. The highest BCUT2D eigenvalue weighted by molar-refractivity contribution is 6.16. The molecular weight excluding hydrogens is 347 g/mol. The number of fused-ring (bicyclic) bond motifs is 2. The van der Waals surface area contributed by atoms with Gasteiger partial charge in [-0.1, -0.05) is 36.4 Å². The van der Waals surface area contributed by atoms with Crippen LogP contribution in [0, 0.1) is 0 Å². The largest absolute Gasteiger partial charge is 0.426 e. The van der Waals surface area contributed by atoms with Crippen molar-refractivity contribution in [2.75, 3.05) is 5.32 Å². The van der Waals surface area contributed by atoms with E-state index in [0.717, 1.165) is 5.56 Å². The first-order valence-corrected chi connectivity index (χ1v) is 7.98. The second kappa shape index (κ2) is 6.25. The fourth-order valence-electron chi connectivity index (χ4n) is 2.92. The van der Waals surface area contributed by atoms with Crippen LogP contribution in [0.3, 0.4) is 0 Å². The zero-order valence-electron chi connectivity index (χ0n) is 13.9. The minimum absolute atomic E-state index is 0.0428. The number of rotatable bonds is 2.